The van der Waals surface area contributed by atoms with E-state index in [1.807, 2.05) is 24.3 Å². The molecule has 3 aromatic carbocycles. The van der Waals surface area contributed by atoms with Crippen LogP contribution in [0.3, 0.4) is 0 Å². The Hall–Kier alpha value is -5.82. The highest BCUT2D eigenvalue weighted by molar-refractivity contribution is 6.23. The van der Waals surface area contributed by atoms with Gasteiger partial charge in [-0.15, -0.1) is 0 Å². The van der Waals surface area contributed by atoms with Crippen molar-refractivity contribution in [1.29, 1.82) is 0 Å². The Morgan fingerprint density at radius 1 is 0.870 bits per heavy atom. The van der Waals surface area contributed by atoms with Crippen LogP contribution in [-0.4, -0.2) is 83.0 Å². The van der Waals surface area contributed by atoms with Gasteiger partial charge >= 0.3 is 0 Å². The molecule has 3 fully saturated rings. The molecule has 0 bridgehead atoms. The van der Waals surface area contributed by atoms with E-state index < -0.39 is 29.7 Å². The van der Waals surface area contributed by atoms with Crippen LogP contribution in [0.2, 0.25) is 0 Å². The molecule has 1 aromatic heterocycles. The van der Waals surface area contributed by atoms with Crippen LogP contribution in [0.4, 0.5) is 11.5 Å². The van der Waals surface area contributed by atoms with Gasteiger partial charge in [0.1, 0.15) is 36.1 Å². The molecule has 8 rings (SSSR count). The van der Waals surface area contributed by atoms with Gasteiger partial charge in [-0.05, 0) is 60.0 Å². The molecule has 1 atom stereocenters. The van der Waals surface area contributed by atoms with Crippen LogP contribution < -0.4 is 25.0 Å². The third-order valence-electron chi connectivity index (χ3n) is 10.8. The molecule has 3 aliphatic heterocycles. The van der Waals surface area contributed by atoms with Crippen LogP contribution in [0.1, 0.15) is 77.1 Å². The van der Waals surface area contributed by atoms with Gasteiger partial charge in [-0.2, -0.15) is 0 Å². The summed E-state index contributed by atoms with van der Waals surface area (Å²) in [6.07, 6.45) is 5.32. The summed E-state index contributed by atoms with van der Waals surface area (Å²) in [4.78, 5) is 62.4. The number of aromatic nitrogens is 2. The second-order valence-corrected chi connectivity index (χ2v) is 14.7. The maximum absolute atomic E-state index is 13.2. The molecular weight excluding hydrogens is 688 g/mol. The maximum atomic E-state index is 13.2. The second kappa shape index (κ2) is 14.5. The summed E-state index contributed by atoms with van der Waals surface area (Å²) in [7, 11) is 0. The molecule has 2 N–H and O–H groups in total. The largest absolute Gasteiger partial charge is 0.490 e. The van der Waals surface area contributed by atoms with E-state index in [1.165, 1.54) is 0 Å². The number of rotatable bonds is 11. The average Bonchev–Trinajstić information content (AvgIpc) is 3.42. The highest BCUT2D eigenvalue weighted by atomic mass is 16.5. The van der Waals surface area contributed by atoms with Gasteiger partial charge in [0, 0.05) is 49.5 Å². The number of piperidine rings is 1. The molecule has 54 heavy (non-hydrogen) atoms. The highest BCUT2D eigenvalue weighted by Crippen LogP contribution is 2.36. The van der Waals surface area contributed by atoms with Gasteiger partial charge in [-0.1, -0.05) is 38.1 Å². The molecule has 0 spiro atoms. The number of anilines is 2. The van der Waals surface area contributed by atoms with Gasteiger partial charge < -0.3 is 24.4 Å². The van der Waals surface area contributed by atoms with E-state index in [2.05, 4.69) is 58.6 Å². The number of imide groups is 2. The van der Waals surface area contributed by atoms with Crippen LogP contribution >= 0.6 is 0 Å². The number of morpholine rings is 1. The number of fused-ring (bicyclic) bond motifs is 1. The van der Waals surface area contributed by atoms with E-state index in [1.54, 1.807) is 30.6 Å². The molecule has 2 saturated heterocycles. The van der Waals surface area contributed by atoms with E-state index >= 15 is 0 Å². The van der Waals surface area contributed by atoms with Gasteiger partial charge in [0.15, 0.2) is 0 Å². The summed E-state index contributed by atoms with van der Waals surface area (Å²) >= 11 is 0. The van der Waals surface area contributed by atoms with Crippen molar-refractivity contribution < 1.29 is 33.4 Å². The first-order valence-corrected chi connectivity index (χ1v) is 18.4. The summed E-state index contributed by atoms with van der Waals surface area (Å²) in [5, 5.41) is 5.67. The van der Waals surface area contributed by atoms with E-state index in [0.717, 1.165) is 70.7 Å². The van der Waals surface area contributed by atoms with E-state index in [9.17, 15) is 19.2 Å². The molecular formula is C41H42N6O7. The summed E-state index contributed by atoms with van der Waals surface area (Å²) in [5.74, 6) is 0.356. The Morgan fingerprint density at radius 2 is 1.56 bits per heavy atom. The Balaban J connectivity index is 0.815. The number of hydrogen-bond acceptors (Lipinski definition) is 11. The molecule has 4 aromatic rings. The number of hydrogen-bond donors (Lipinski definition) is 2. The number of carbonyl (C=O) groups excluding carboxylic acids is 4. The van der Waals surface area contributed by atoms with E-state index in [4.69, 9.17) is 19.2 Å². The minimum Gasteiger partial charge on any atom is -0.490 e. The molecule has 1 aliphatic carbocycles. The third-order valence-corrected chi connectivity index (χ3v) is 10.8. The van der Waals surface area contributed by atoms with Crippen molar-refractivity contribution in [1.82, 2.24) is 20.2 Å². The summed E-state index contributed by atoms with van der Waals surface area (Å²) in [6, 6.07) is 20.6. The summed E-state index contributed by atoms with van der Waals surface area (Å²) < 4.78 is 17.8. The van der Waals surface area contributed by atoms with Crippen LogP contribution in [0.25, 0.3) is 0 Å². The van der Waals surface area contributed by atoms with Crippen molar-refractivity contribution in [3.8, 4) is 11.5 Å². The standard InChI is InChI=1S/C41H42N6O7/c1-41(2,25-3-8-30(9-4-25)53-24-29-22-42-23-36(44-29)46-15-17-52-18-16-46)26-5-10-31(11-6-26)54-32-19-28(20-32)43-27-7-12-33-34(21-27)40(51)47(39(33)50)35-13-14-37(48)45-38(35)49/h3-12,21-23,28,32,35,43H,13-20,24H2,1-2H3,(H,45,48,49)/t28-,32-,35?. The molecule has 4 amide bonds. The fraction of sp³-hybridized carbons (Fsp3) is 0.366. The third kappa shape index (κ3) is 7.11. The fourth-order valence-electron chi connectivity index (χ4n) is 7.42. The number of benzene rings is 3. The molecule has 0 radical (unpaired) electrons. The van der Waals surface area contributed by atoms with Crippen molar-refractivity contribution in [2.45, 2.75) is 69.7 Å². The van der Waals surface area contributed by atoms with Crippen LogP contribution in [0, 0.1) is 0 Å². The first-order valence-electron chi connectivity index (χ1n) is 18.4. The van der Waals surface area contributed by atoms with Crippen molar-refractivity contribution in [2.24, 2.45) is 0 Å². The molecule has 4 heterocycles. The van der Waals surface area contributed by atoms with Gasteiger partial charge in [-0.3, -0.25) is 34.4 Å². The predicted octanol–water partition coefficient (Wildman–Crippen LogP) is 4.64. The Kier molecular flexibility index (Phi) is 9.49. The quantitative estimate of drug-likeness (QED) is 0.208. The van der Waals surface area contributed by atoms with Gasteiger partial charge in [-0.25, -0.2) is 4.98 Å². The lowest BCUT2D eigenvalue weighted by Crippen LogP contribution is -2.54. The molecule has 13 heteroatoms. The van der Waals surface area contributed by atoms with Gasteiger partial charge in [0.05, 0.1) is 42.4 Å². The lowest BCUT2D eigenvalue weighted by Gasteiger charge is -2.36. The van der Waals surface area contributed by atoms with Gasteiger partial charge in [0.25, 0.3) is 11.8 Å². The zero-order valence-electron chi connectivity index (χ0n) is 30.2. The number of amides is 4. The molecule has 1 saturated carbocycles. The lowest BCUT2D eigenvalue weighted by molar-refractivity contribution is -0.136. The van der Waals surface area contributed by atoms with Crippen LogP contribution in [-0.2, 0) is 26.3 Å². The Bertz CT molecular complexity index is 2070. The normalized spacial score (nSPS) is 21.3. The zero-order chi connectivity index (χ0) is 37.4. The number of carbonyl (C=O) groups is 4. The van der Waals surface area contributed by atoms with Crippen molar-refractivity contribution in [3.05, 3.63) is 107 Å². The minimum atomic E-state index is -0.986. The predicted molar refractivity (Wildman–Crippen MR) is 199 cm³/mol. The lowest BCUT2D eigenvalue weighted by atomic mass is 9.78. The first kappa shape index (κ1) is 35.2. The van der Waals surface area contributed by atoms with E-state index in [0.29, 0.717) is 19.8 Å². The number of nitrogens with one attached hydrogen (secondary N) is 2. The van der Waals surface area contributed by atoms with Crippen molar-refractivity contribution in [3.63, 3.8) is 0 Å². The Morgan fingerprint density at radius 3 is 2.26 bits per heavy atom. The maximum Gasteiger partial charge on any atom is 0.262 e. The monoisotopic (exact) mass is 730 g/mol. The van der Waals surface area contributed by atoms with Crippen LogP contribution in [0.15, 0.2) is 79.1 Å². The van der Waals surface area contributed by atoms with Crippen molar-refractivity contribution >= 4 is 35.1 Å². The Labute approximate surface area is 313 Å². The molecule has 4 aliphatic rings. The first-order chi connectivity index (χ1) is 26.1. The summed E-state index contributed by atoms with van der Waals surface area (Å²) in [5.41, 5.74) is 4.08. The van der Waals surface area contributed by atoms with Crippen LogP contribution in [0.5, 0.6) is 11.5 Å². The van der Waals surface area contributed by atoms with Gasteiger partial charge in [0.2, 0.25) is 11.8 Å². The SMILES string of the molecule is CC(C)(c1ccc(OCc2cncc(N3CCOCC3)n2)cc1)c1ccc(O[C@H]2C[C@H](Nc3ccc4c(c3)C(=O)N(C3CCC(=O)NC3=O)C4=O)C2)cc1. The average molecular weight is 731 g/mol. The zero-order valence-corrected chi connectivity index (χ0v) is 30.2. The summed E-state index contributed by atoms with van der Waals surface area (Å²) in [6.45, 7) is 7.72. The fourth-order valence-corrected chi connectivity index (χ4v) is 7.42. The molecule has 1 unspecified atom stereocenters. The highest BCUT2D eigenvalue weighted by Gasteiger charge is 2.45. The number of nitrogens with zero attached hydrogens (tertiary/aromatic N) is 4. The minimum absolute atomic E-state index is 0.0439. The van der Waals surface area contributed by atoms with Crippen molar-refractivity contribution in [2.75, 3.05) is 36.5 Å². The topological polar surface area (TPSA) is 152 Å². The second-order valence-electron chi connectivity index (χ2n) is 14.7. The molecule has 13 nitrogen and oxygen atoms in total. The molecule has 278 valence electrons. The van der Waals surface area contributed by atoms with E-state index in [-0.39, 0.29) is 41.5 Å². The smallest absolute Gasteiger partial charge is 0.262 e. The number of ether oxygens (including phenoxy) is 3.